The van der Waals surface area contributed by atoms with Crippen molar-refractivity contribution in [2.75, 3.05) is 25.6 Å². The normalized spacial score (nSPS) is 28.5. The molecule has 4 atom stereocenters. The quantitative estimate of drug-likeness (QED) is 0.492. The van der Waals surface area contributed by atoms with Gasteiger partial charge in [0.2, 0.25) is 0 Å². The molecule has 2 aromatic carbocycles. The summed E-state index contributed by atoms with van der Waals surface area (Å²) in [5, 5.41) is 15.6. The van der Waals surface area contributed by atoms with Crippen LogP contribution in [0.25, 0.3) is 0 Å². The number of amides is 1. The van der Waals surface area contributed by atoms with Crippen LogP contribution >= 0.6 is 15.9 Å². The van der Waals surface area contributed by atoms with E-state index in [0.29, 0.717) is 40.4 Å². The first-order chi connectivity index (χ1) is 15.4. The summed E-state index contributed by atoms with van der Waals surface area (Å²) in [6.07, 6.45) is 1.67. The second-order valence-electron chi connectivity index (χ2n) is 8.38. The summed E-state index contributed by atoms with van der Waals surface area (Å²) in [6, 6.07) is 9.68. The molecule has 2 aromatic rings. The van der Waals surface area contributed by atoms with Gasteiger partial charge in [0.05, 0.1) is 19.6 Å². The fourth-order valence-corrected chi connectivity index (χ4v) is 6.57. The van der Waals surface area contributed by atoms with Crippen molar-refractivity contribution in [3.05, 3.63) is 62.1 Å². The number of halogens is 1. The average molecular weight is 502 g/mol. The highest BCUT2D eigenvalue weighted by Crippen LogP contribution is 2.59. The number of nitro groups is 1. The molecule has 1 spiro atoms. The Morgan fingerprint density at radius 2 is 2.09 bits per heavy atom. The molecular formula is C23H24BrN3O5. The van der Waals surface area contributed by atoms with Gasteiger partial charge in [0.1, 0.15) is 0 Å². The summed E-state index contributed by atoms with van der Waals surface area (Å²) < 4.78 is 11.9. The van der Waals surface area contributed by atoms with E-state index in [4.69, 9.17) is 9.47 Å². The van der Waals surface area contributed by atoms with Crippen LogP contribution in [-0.2, 0) is 10.3 Å². The molecule has 3 heterocycles. The van der Waals surface area contributed by atoms with Gasteiger partial charge in [-0.3, -0.25) is 19.8 Å². The first kappa shape index (κ1) is 21.2. The number of fused-ring (bicyclic) bond motifs is 4. The molecule has 0 bridgehead atoms. The Bertz CT molecular complexity index is 1110. The molecule has 0 aliphatic carbocycles. The van der Waals surface area contributed by atoms with Crippen molar-refractivity contribution >= 4 is 27.5 Å². The van der Waals surface area contributed by atoms with E-state index in [-0.39, 0.29) is 16.9 Å². The minimum atomic E-state index is -1.34. The highest BCUT2D eigenvalue weighted by atomic mass is 79.9. The number of anilines is 1. The molecule has 0 aromatic heterocycles. The van der Waals surface area contributed by atoms with Gasteiger partial charge in [0.15, 0.2) is 17.0 Å². The molecule has 9 heteroatoms. The van der Waals surface area contributed by atoms with E-state index in [1.807, 2.05) is 37.3 Å². The number of ether oxygens (including phenoxy) is 2. The highest BCUT2D eigenvalue weighted by Gasteiger charge is 2.73. The van der Waals surface area contributed by atoms with E-state index < -0.39 is 17.5 Å². The maximum Gasteiger partial charge on any atom is 0.256 e. The number of carbonyl (C=O) groups is 1. The monoisotopic (exact) mass is 501 g/mol. The van der Waals surface area contributed by atoms with Gasteiger partial charge < -0.3 is 14.8 Å². The smallest absolute Gasteiger partial charge is 0.256 e. The van der Waals surface area contributed by atoms with Gasteiger partial charge in [-0.05, 0) is 43.5 Å². The molecule has 0 radical (unpaired) electrons. The fraction of sp³-hybridized carbons (Fsp3) is 0.435. The average Bonchev–Trinajstić information content (AvgIpc) is 3.43. The number of rotatable bonds is 5. The molecule has 2 fully saturated rings. The molecule has 168 valence electrons. The molecule has 32 heavy (non-hydrogen) atoms. The van der Waals surface area contributed by atoms with Gasteiger partial charge in [-0.25, -0.2) is 0 Å². The Balaban J connectivity index is 1.74. The summed E-state index contributed by atoms with van der Waals surface area (Å²) >= 11 is 3.62. The number of hydrogen-bond donors (Lipinski definition) is 1. The number of para-hydroxylation sites is 1. The lowest BCUT2D eigenvalue weighted by atomic mass is 9.77. The summed E-state index contributed by atoms with van der Waals surface area (Å²) in [5.41, 5.74) is 0.772. The minimum Gasteiger partial charge on any atom is -0.493 e. The lowest BCUT2D eigenvalue weighted by Crippen LogP contribution is -2.55. The predicted octanol–water partition coefficient (Wildman–Crippen LogP) is 3.91. The maximum atomic E-state index is 13.5. The van der Waals surface area contributed by atoms with E-state index in [2.05, 4.69) is 26.1 Å². The number of benzene rings is 2. The van der Waals surface area contributed by atoms with Crippen LogP contribution in [0.2, 0.25) is 0 Å². The Morgan fingerprint density at radius 1 is 1.31 bits per heavy atom. The van der Waals surface area contributed by atoms with Crippen LogP contribution in [0.5, 0.6) is 11.5 Å². The van der Waals surface area contributed by atoms with Crippen LogP contribution in [0.4, 0.5) is 5.69 Å². The lowest BCUT2D eigenvalue weighted by Gasteiger charge is -2.32. The van der Waals surface area contributed by atoms with Crippen molar-refractivity contribution in [2.45, 2.75) is 43.3 Å². The first-order valence-electron chi connectivity index (χ1n) is 10.8. The van der Waals surface area contributed by atoms with E-state index in [9.17, 15) is 14.9 Å². The third-order valence-corrected chi connectivity index (χ3v) is 7.72. The molecule has 2 saturated heterocycles. The summed E-state index contributed by atoms with van der Waals surface area (Å²) in [6.45, 7) is 2.96. The van der Waals surface area contributed by atoms with E-state index in [0.717, 1.165) is 18.4 Å². The van der Waals surface area contributed by atoms with Crippen LogP contribution in [0.1, 0.15) is 36.8 Å². The number of nitrogens with zero attached hydrogens (tertiary/aromatic N) is 2. The minimum absolute atomic E-state index is 0.138. The van der Waals surface area contributed by atoms with Crippen LogP contribution in [0.15, 0.2) is 40.9 Å². The van der Waals surface area contributed by atoms with Gasteiger partial charge in [0, 0.05) is 33.2 Å². The molecule has 3 aliphatic heterocycles. The van der Waals surface area contributed by atoms with Crippen molar-refractivity contribution in [2.24, 2.45) is 0 Å². The van der Waals surface area contributed by atoms with Crippen molar-refractivity contribution in [3.63, 3.8) is 0 Å². The van der Waals surface area contributed by atoms with Crippen molar-refractivity contribution < 1.29 is 19.2 Å². The SMILES string of the molecule is CCOc1cc([C@H]2[C@H]([N+](=O)[O-])[C@@]3(C(=O)Nc4ccccc43)N3CCC[C@@H]23)c(Br)cc1OC. The molecule has 0 unspecified atom stereocenters. The first-order valence-corrected chi connectivity index (χ1v) is 11.6. The second-order valence-corrected chi connectivity index (χ2v) is 9.24. The molecule has 3 aliphatic rings. The largest absolute Gasteiger partial charge is 0.493 e. The number of hydrogen-bond acceptors (Lipinski definition) is 6. The Morgan fingerprint density at radius 3 is 2.81 bits per heavy atom. The van der Waals surface area contributed by atoms with Crippen LogP contribution in [0, 0.1) is 10.1 Å². The Labute approximate surface area is 194 Å². The number of carbonyl (C=O) groups excluding carboxylic acids is 1. The maximum absolute atomic E-state index is 13.5. The van der Waals surface area contributed by atoms with E-state index >= 15 is 0 Å². The molecule has 5 rings (SSSR count). The third-order valence-electron chi connectivity index (χ3n) is 7.04. The summed E-state index contributed by atoms with van der Waals surface area (Å²) in [4.78, 5) is 28.0. The third kappa shape index (κ3) is 2.73. The van der Waals surface area contributed by atoms with Crippen molar-refractivity contribution in [3.8, 4) is 11.5 Å². The Hall–Kier alpha value is -2.65. The molecule has 0 saturated carbocycles. The number of methoxy groups -OCH3 is 1. The number of nitrogens with one attached hydrogen (secondary N) is 1. The summed E-state index contributed by atoms with van der Waals surface area (Å²) in [7, 11) is 1.56. The molecule has 8 nitrogen and oxygen atoms in total. The van der Waals surface area contributed by atoms with E-state index in [1.165, 1.54) is 0 Å². The van der Waals surface area contributed by atoms with Gasteiger partial charge >= 0.3 is 0 Å². The topological polar surface area (TPSA) is 93.9 Å². The molecule has 1 N–H and O–H groups in total. The van der Waals surface area contributed by atoms with Gasteiger partial charge in [0.25, 0.3) is 11.9 Å². The van der Waals surface area contributed by atoms with Crippen molar-refractivity contribution in [1.82, 2.24) is 4.90 Å². The van der Waals surface area contributed by atoms with Crippen LogP contribution < -0.4 is 14.8 Å². The zero-order valence-corrected chi connectivity index (χ0v) is 19.4. The molecular weight excluding hydrogens is 478 g/mol. The fourth-order valence-electron chi connectivity index (χ4n) is 5.98. The zero-order valence-electron chi connectivity index (χ0n) is 17.8. The van der Waals surface area contributed by atoms with Crippen LogP contribution in [-0.4, -0.2) is 48.1 Å². The van der Waals surface area contributed by atoms with Gasteiger partial charge in [-0.15, -0.1) is 0 Å². The predicted molar refractivity (Wildman–Crippen MR) is 122 cm³/mol. The zero-order chi connectivity index (χ0) is 22.6. The van der Waals surface area contributed by atoms with E-state index in [1.54, 1.807) is 13.2 Å². The standard InChI is InChI=1S/C23H24BrN3O5/c1-3-32-19-11-13(15(24)12-18(19)31-2)20-17-9-6-10-26(17)23(21(20)27(29)30)14-7-4-5-8-16(14)25-22(23)28/h4-5,7-8,11-12,17,20-21H,3,6,9-10H2,1-2H3,(H,25,28)/t17-,20+,21-,23-/m0/s1. The van der Waals surface area contributed by atoms with Crippen molar-refractivity contribution in [1.29, 1.82) is 0 Å². The molecule has 1 amide bonds. The van der Waals surface area contributed by atoms with Crippen LogP contribution in [0.3, 0.4) is 0 Å². The lowest BCUT2D eigenvalue weighted by molar-refractivity contribution is -0.534. The highest BCUT2D eigenvalue weighted by molar-refractivity contribution is 9.10. The van der Waals surface area contributed by atoms with Gasteiger partial charge in [-0.2, -0.15) is 0 Å². The Kier molecular flexibility index (Phi) is 5.13. The summed E-state index contributed by atoms with van der Waals surface area (Å²) in [5.74, 6) is 0.283. The second kappa shape index (κ2) is 7.74. The van der Waals surface area contributed by atoms with Gasteiger partial charge in [-0.1, -0.05) is 34.1 Å².